The summed E-state index contributed by atoms with van der Waals surface area (Å²) in [5, 5.41) is 2.08. The van der Waals surface area contributed by atoms with Gasteiger partial charge in [0.2, 0.25) is 0 Å². The first-order valence-electron chi connectivity index (χ1n) is 6.76. The molecule has 0 saturated heterocycles. The molecule has 3 aromatic heterocycles. The molecule has 0 aliphatic rings. The van der Waals surface area contributed by atoms with Gasteiger partial charge in [0.25, 0.3) is 0 Å². The fourth-order valence-corrected chi connectivity index (χ4v) is 3.11. The van der Waals surface area contributed by atoms with Crippen molar-refractivity contribution in [3.8, 4) is 0 Å². The summed E-state index contributed by atoms with van der Waals surface area (Å²) < 4.78 is 2.13. The fraction of sp³-hybridized carbons (Fsp3) is 0.267. The van der Waals surface area contributed by atoms with Crippen LogP contribution in [0.4, 0.5) is 0 Å². The lowest BCUT2D eigenvalue weighted by Crippen LogP contribution is -2.13. The number of imidazole rings is 1. The van der Waals surface area contributed by atoms with Gasteiger partial charge in [0.05, 0.1) is 4.99 Å². The standard InChI is InChI=1S/C15H16N4S2/c1-10-7-12-15(17-9-10)19(5-4-13(16)20)14(18-12)8-11-3-2-6-21-11/h2-3,6-7,9H,4-5,8H2,1H3,(H2,16,20). The summed E-state index contributed by atoms with van der Waals surface area (Å²) in [6.45, 7) is 2.75. The van der Waals surface area contributed by atoms with Gasteiger partial charge in [-0.25, -0.2) is 9.97 Å². The molecule has 108 valence electrons. The molecule has 0 radical (unpaired) electrons. The van der Waals surface area contributed by atoms with Crippen LogP contribution < -0.4 is 5.73 Å². The van der Waals surface area contributed by atoms with Crippen molar-refractivity contribution in [2.75, 3.05) is 0 Å². The highest BCUT2D eigenvalue weighted by atomic mass is 32.1. The van der Waals surface area contributed by atoms with E-state index in [1.807, 2.05) is 13.1 Å². The fourth-order valence-electron chi connectivity index (χ4n) is 2.32. The Morgan fingerprint density at radius 2 is 2.33 bits per heavy atom. The zero-order valence-electron chi connectivity index (χ0n) is 11.7. The van der Waals surface area contributed by atoms with Gasteiger partial charge < -0.3 is 10.3 Å². The minimum Gasteiger partial charge on any atom is -0.393 e. The van der Waals surface area contributed by atoms with Gasteiger partial charge in [-0.15, -0.1) is 11.3 Å². The molecule has 0 atom stereocenters. The van der Waals surface area contributed by atoms with Crippen molar-refractivity contribution in [2.24, 2.45) is 5.73 Å². The zero-order valence-corrected chi connectivity index (χ0v) is 13.4. The van der Waals surface area contributed by atoms with E-state index in [0.717, 1.165) is 35.5 Å². The Morgan fingerprint density at radius 3 is 3.05 bits per heavy atom. The molecule has 2 N–H and O–H groups in total. The number of rotatable bonds is 5. The molecule has 0 aliphatic heterocycles. The van der Waals surface area contributed by atoms with Gasteiger partial charge in [-0.3, -0.25) is 0 Å². The first-order valence-corrected chi connectivity index (χ1v) is 8.05. The van der Waals surface area contributed by atoms with Crippen molar-refractivity contribution in [1.29, 1.82) is 0 Å². The Balaban J connectivity index is 2.03. The van der Waals surface area contributed by atoms with Crippen LogP contribution in [-0.2, 0) is 13.0 Å². The van der Waals surface area contributed by atoms with Crippen LogP contribution in [0.25, 0.3) is 11.2 Å². The van der Waals surface area contributed by atoms with Crippen molar-refractivity contribution in [3.05, 3.63) is 46.0 Å². The van der Waals surface area contributed by atoms with Gasteiger partial charge in [-0.2, -0.15) is 0 Å². The van der Waals surface area contributed by atoms with E-state index in [4.69, 9.17) is 22.9 Å². The number of hydrogen-bond acceptors (Lipinski definition) is 4. The van der Waals surface area contributed by atoms with Crippen LogP contribution in [0.15, 0.2) is 29.8 Å². The summed E-state index contributed by atoms with van der Waals surface area (Å²) in [5.74, 6) is 1.02. The van der Waals surface area contributed by atoms with Gasteiger partial charge in [-0.05, 0) is 30.0 Å². The van der Waals surface area contributed by atoms with E-state index in [0.29, 0.717) is 11.4 Å². The minimum absolute atomic E-state index is 0.519. The van der Waals surface area contributed by atoms with Crippen molar-refractivity contribution >= 4 is 39.7 Å². The minimum atomic E-state index is 0.519. The van der Waals surface area contributed by atoms with Crippen molar-refractivity contribution < 1.29 is 0 Å². The second kappa shape index (κ2) is 5.91. The van der Waals surface area contributed by atoms with Crippen LogP contribution in [0.5, 0.6) is 0 Å². The molecule has 0 saturated carbocycles. The monoisotopic (exact) mass is 316 g/mol. The Bertz CT molecular complexity index is 774. The third kappa shape index (κ3) is 3.11. The second-order valence-corrected chi connectivity index (χ2v) is 6.56. The van der Waals surface area contributed by atoms with Crippen molar-refractivity contribution in [2.45, 2.75) is 26.3 Å². The van der Waals surface area contributed by atoms with Crippen molar-refractivity contribution in [1.82, 2.24) is 14.5 Å². The molecule has 21 heavy (non-hydrogen) atoms. The molecule has 4 nitrogen and oxygen atoms in total. The molecule has 0 fully saturated rings. The molecule has 6 heteroatoms. The van der Waals surface area contributed by atoms with Gasteiger partial charge in [0.1, 0.15) is 11.3 Å². The van der Waals surface area contributed by atoms with Crippen LogP contribution in [0, 0.1) is 6.92 Å². The first-order chi connectivity index (χ1) is 10.1. The third-order valence-electron chi connectivity index (χ3n) is 3.29. The van der Waals surface area contributed by atoms with E-state index < -0.39 is 0 Å². The predicted molar refractivity (Wildman–Crippen MR) is 90.8 cm³/mol. The Hall–Kier alpha value is -1.79. The van der Waals surface area contributed by atoms with Crippen LogP contribution in [0.3, 0.4) is 0 Å². The van der Waals surface area contributed by atoms with Gasteiger partial charge in [0, 0.05) is 30.5 Å². The molecule has 0 spiro atoms. The number of thiocarbonyl (C=S) groups is 1. The molecule has 0 amide bonds. The van der Waals surface area contributed by atoms with Crippen LogP contribution >= 0.6 is 23.6 Å². The number of nitrogens with zero attached hydrogens (tertiary/aromatic N) is 3. The Labute approximate surface area is 132 Å². The number of hydrogen-bond donors (Lipinski definition) is 1. The molecule has 3 aromatic rings. The van der Waals surface area contributed by atoms with Gasteiger partial charge >= 0.3 is 0 Å². The Morgan fingerprint density at radius 1 is 1.48 bits per heavy atom. The maximum Gasteiger partial charge on any atom is 0.160 e. The number of thiophene rings is 1. The number of fused-ring (bicyclic) bond motifs is 1. The molecule has 3 heterocycles. The van der Waals surface area contributed by atoms with E-state index >= 15 is 0 Å². The summed E-state index contributed by atoms with van der Waals surface area (Å²) in [7, 11) is 0. The first kappa shape index (κ1) is 14.2. The van der Waals surface area contributed by atoms with E-state index in [2.05, 4.69) is 33.1 Å². The van der Waals surface area contributed by atoms with E-state index in [9.17, 15) is 0 Å². The lowest BCUT2D eigenvalue weighted by Gasteiger charge is -2.07. The number of aryl methyl sites for hydroxylation is 2. The molecule has 0 aromatic carbocycles. The number of aromatic nitrogens is 3. The van der Waals surface area contributed by atoms with Crippen LogP contribution in [0.1, 0.15) is 22.7 Å². The van der Waals surface area contributed by atoms with Gasteiger partial charge in [0.15, 0.2) is 5.65 Å². The van der Waals surface area contributed by atoms with E-state index in [1.54, 1.807) is 11.3 Å². The average molecular weight is 316 g/mol. The largest absolute Gasteiger partial charge is 0.393 e. The molecular formula is C15H16N4S2. The van der Waals surface area contributed by atoms with Gasteiger partial charge in [-0.1, -0.05) is 18.3 Å². The topological polar surface area (TPSA) is 56.7 Å². The summed E-state index contributed by atoms with van der Waals surface area (Å²) >= 11 is 6.74. The highest BCUT2D eigenvalue weighted by molar-refractivity contribution is 7.80. The molecule has 0 aliphatic carbocycles. The highest BCUT2D eigenvalue weighted by Crippen LogP contribution is 2.20. The number of pyridine rings is 1. The van der Waals surface area contributed by atoms with Crippen LogP contribution in [-0.4, -0.2) is 19.5 Å². The zero-order chi connectivity index (χ0) is 14.8. The van der Waals surface area contributed by atoms with E-state index in [-0.39, 0.29) is 0 Å². The smallest absolute Gasteiger partial charge is 0.160 e. The SMILES string of the molecule is Cc1cnc2c(c1)nc(Cc1cccs1)n2CCC(N)=S. The maximum absolute atomic E-state index is 5.64. The predicted octanol–water partition coefficient (Wildman–Crippen LogP) is 3.07. The van der Waals surface area contributed by atoms with Crippen molar-refractivity contribution in [3.63, 3.8) is 0 Å². The molecular weight excluding hydrogens is 300 g/mol. The summed E-state index contributed by atoms with van der Waals surface area (Å²) in [4.78, 5) is 11.1. The third-order valence-corrected chi connectivity index (χ3v) is 4.38. The van der Waals surface area contributed by atoms with E-state index in [1.165, 1.54) is 4.88 Å². The van der Waals surface area contributed by atoms with Crippen LogP contribution in [0.2, 0.25) is 0 Å². The summed E-state index contributed by atoms with van der Waals surface area (Å²) in [6.07, 6.45) is 3.34. The highest BCUT2D eigenvalue weighted by Gasteiger charge is 2.13. The normalized spacial score (nSPS) is 11.1. The second-order valence-electron chi connectivity index (χ2n) is 5.01. The summed E-state index contributed by atoms with van der Waals surface area (Å²) in [5.41, 5.74) is 8.60. The lowest BCUT2D eigenvalue weighted by atomic mass is 10.3. The molecule has 0 unspecified atom stereocenters. The molecule has 0 bridgehead atoms. The maximum atomic E-state index is 5.64. The Kier molecular flexibility index (Phi) is 3.98. The summed E-state index contributed by atoms with van der Waals surface area (Å²) in [6, 6.07) is 6.25. The average Bonchev–Trinajstić information content (AvgIpc) is 3.04. The number of nitrogens with two attached hydrogens (primary N) is 1. The lowest BCUT2D eigenvalue weighted by molar-refractivity contribution is 0.700. The molecule has 3 rings (SSSR count). The quantitative estimate of drug-likeness (QED) is 0.735.